The number of fused-ring (bicyclic) bond motifs is 4. The quantitative estimate of drug-likeness (QED) is 0.715. The third kappa shape index (κ3) is 1.61. The number of hydrogen-bond acceptors (Lipinski definition) is 2. The van der Waals surface area contributed by atoms with Gasteiger partial charge in [0.2, 0.25) is 5.91 Å². The van der Waals surface area contributed by atoms with Crippen LogP contribution in [0.2, 0.25) is 0 Å². The number of carbonyl (C=O) groups is 1. The van der Waals surface area contributed by atoms with E-state index in [1.807, 2.05) is 45.0 Å². The van der Waals surface area contributed by atoms with Crippen LogP contribution in [-0.2, 0) is 10.2 Å². The summed E-state index contributed by atoms with van der Waals surface area (Å²) < 4.78 is 14.9. The molecule has 0 aliphatic carbocycles. The van der Waals surface area contributed by atoms with Crippen LogP contribution in [0.5, 0.6) is 0 Å². The van der Waals surface area contributed by atoms with E-state index < -0.39 is 5.41 Å². The van der Waals surface area contributed by atoms with Gasteiger partial charge in [0.1, 0.15) is 11.2 Å². The van der Waals surface area contributed by atoms with E-state index in [4.69, 9.17) is 4.99 Å². The fourth-order valence-electron chi connectivity index (χ4n) is 4.06. The smallest absolute Gasteiger partial charge is 0.247 e. The van der Waals surface area contributed by atoms with Crippen molar-refractivity contribution in [3.05, 3.63) is 59.4 Å². The van der Waals surface area contributed by atoms with E-state index in [0.717, 1.165) is 11.3 Å². The number of carbonyl (C=O) groups excluding carboxylic acids is 1. The Morgan fingerprint density at radius 3 is 2.50 bits per heavy atom. The van der Waals surface area contributed by atoms with Gasteiger partial charge < -0.3 is 4.90 Å². The Bertz CT molecular complexity index is 910. The number of para-hydroxylation sites is 1. The third-order valence-electron chi connectivity index (χ3n) is 4.96. The highest BCUT2D eigenvalue weighted by Gasteiger charge is 2.61. The van der Waals surface area contributed by atoms with Crippen molar-refractivity contribution in [2.75, 3.05) is 11.9 Å². The van der Waals surface area contributed by atoms with E-state index in [1.165, 1.54) is 6.07 Å². The predicted molar refractivity (Wildman–Crippen MR) is 93.6 cm³/mol. The Hall–Kier alpha value is -2.49. The minimum atomic E-state index is -1.16. The largest absolute Gasteiger partial charge is 0.314 e. The molecule has 0 aromatic heterocycles. The summed E-state index contributed by atoms with van der Waals surface area (Å²) >= 11 is 0. The minimum Gasteiger partial charge on any atom is -0.314 e. The highest BCUT2D eigenvalue weighted by atomic mass is 19.1. The summed E-state index contributed by atoms with van der Waals surface area (Å²) in [6.07, 6.45) is 0. The van der Waals surface area contributed by atoms with Gasteiger partial charge in [-0.1, -0.05) is 45.0 Å². The first kappa shape index (κ1) is 15.1. The van der Waals surface area contributed by atoms with Crippen molar-refractivity contribution >= 4 is 23.0 Å². The number of amides is 1. The summed E-state index contributed by atoms with van der Waals surface area (Å²) in [6.45, 7) is 6.06. The van der Waals surface area contributed by atoms with Gasteiger partial charge in [0.25, 0.3) is 0 Å². The summed E-state index contributed by atoms with van der Waals surface area (Å²) in [5.41, 5.74) is 1.74. The molecule has 2 aliphatic heterocycles. The molecule has 3 nitrogen and oxygen atoms in total. The predicted octanol–water partition coefficient (Wildman–Crippen LogP) is 4.22. The van der Waals surface area contributed by atoms with Crippen LogP contribution in [0.4, 0.5) is 15.8 Å². The zero-order valence-electron chi connectivity index (χ0n) is 14.2. The Balaban J connectivity index is 2.17. The van der Waals surface area contributed by atoms with Crippen LogP contribution in [0.15, 0.2) is 47.5 Å². The third-order valence-corrected chi connectivity index (χ3v) is 4.96. The van der Waals surface area contributed by atoms with Gasteiger partial charge in [0.05, 0.1) is 5.69 Å². The van der Waals surface area contributed by atoms with Gasteiger partial charge in [-0.2, -0.15) is 0 Å². The van der Waals surface area contributed by atoms with Gasteiger partial charge in [0, 0.05) is 35.0 Å². The van der Waals surface area contributed by atoms with Crippen LogP contribution in [0.1, 0.15) is 31.9 Å². The molecule has 2 aromatic rings. The van der Waals surface area contributed by atoms with Crippen LogP contribution in [0.25, 0.3) is 0 Å². The van der Waals surface area contributed by atoms with Crippen LogP contribution in [0.3, 0.4) is 0 Å². The first-order valence-electron chi connectivity index (χ1n) is 8.06. The van der Waals surface area contributed by atoms with E-state index >= 15 is 0 Å². The SMILES string of the molecule is CN1C(=O)C2(C(C(C)(C)C)=Nc3cccc(F)c32)c2ccccc21. The lowest BCUT2D eigenvalue weighted by molar-refractivity contribution is -0.119. The van der Waals surface area contributed by atoms with Crippen molar-refractivity contribution in [2.45, 2.75) is 26.2 Å². The standard InChI is InChI=1S/C20H19FN2O/c1-19(2,3)17-20(16-13(21)9-7-10-14(16)22-17)12-8-5-6-11-15(12)23(4)18(20)24/h5-11H,1-4H3. The van der Waals surface area contributed by atoms with E-state index in [2.05, 4.69) is 0 Å². The van der Waals surface area contributed by atoms with Crippen LogP contribution in [-0.4, -0.2) is 18.7 Å². The Morgan fingerprint density at radius 1 is 1.08 bits per heavy atom. The summed E-state index contributed by atoms with van der Waals surface area (Å²) in [7, 11) is 1.75. The topological polar surface area (TPSA) is 32.7 Å². The highest BCUT2D eigenvalue weighted by molar-refractivity contribution is 6.30. The first-order chi connectivity index (χ1) is 11.3. The average molecular weight is 322 g/mol. The summed E-state index contributed by atoms with van der Waals surface area (Å²) in [6, 6.07) is 12.5. The lowest BCUT2D eigenvalue weighted by atomic mass is 9.65. The molecule has 1 spiro atoms. The number of aliphatic imine (C=N–C) groups is 1. The van der Waals surface area contributed by atoms with Gasteiger partial charge in [-0.3, -0.25) is 9.79 Å². The normalized spacial score (nSPS) is 22.0. The second-order valence-electron chi connectivity index (χ2n) is 7.48. The Morgan fingerprint density at radius 2 is 1.79 bits per heavy atom. The van der Waals surface area contributed by atoms with Gasteiger partial charge in [-0.25, -0.2) is 4.39 Å². The number of nitrogens with zero attached hydrogens (tertiary/aromatic N) is 2. The molecule has 1 atom stereocenters. The highest BCUT2D eigenvalue weighted by Crippen LogP contribution is 2.56. The zero-order valence-corrected chi connectivity index (χ0v) is 14.2. The second kappa shape index (κ2) is 4.53. The van der Waals surface area contributed by atoms with Crippen LogP contribution < -0.4 is 4.90 Å². The lowest BCUT2D eigenvalue weighted by Gasteiger charge is -2.33. The van der Waals surface area contributed by atoms with Crippen LogP contribution >= 0.6 is 0 Å². The van der Waals surface area contributed by atoms with E-state index in [0.29, 0.717) is 17.0 Å². The number of benzene rings is 2. The maximum atomic E-state index is 14.9. The van der Waals surface area contributed by atoms with Crippen molar-refractivity contribution in [3.8, 4) is 0 Å². The maximum Gasteiger partial charge on any atom is 0.247 e. The molecule has 0 radical (unpaired) electrons. The molecule has 122 valence electrons. The van der Waals surface area contributed by atoms with Gasteiger partial charge in [0.15, 0.2) is 0 Å². The number of anilines is 1. The van der Waals surface area contributed by atoms with E-state index in [1.54, 1.807) is 24.1 Å². The molecule has 0 saturated heterocycles. The molecule has 2 aromatic carbocycles. The molecule has 2 aliphatic rings. The molecule has 4 heteroatoms. The Labute approximate surface area is 140 Å². The van der Waals surface area contributed by atoms with Crippen molar-refractivity contribution < 1.29 is 9.18 Å². The van der Waals surface area contributed by atoms with E-state index in [-0.39, 0.29) is 17.1 Å². The molecule has 0 fully saturated rings. The minimum absolute atomic E-state index is 0.138. The fraction of sp³-hybridized carbons (Fsp3) is 0.300. The van der Waals surface area contributed by atoms with Crippen molar-refractivity contribution in [1.29, 1.82) is 0 Å². The number of rotatable bonds is 0. The first-order valence-corrected chi connectivity index (χ1v) is 8.06. The van der Waals surface area contributed by atoms with Gasteiger partial charge >= 0.3 is 0 Å². The zero-order chi connectivity index (χ0) is 17.3. The second-order valence-corrected chi connectivity index (χ2v) is 7.48. The molecular formula is C20H19FN2O. The molecule has 0 N–H and O–H groups in total. The lowest BCUT2D eigenvalue weighted by Crippen LogP contribution is -2.49. The van der Waals surface area contributed by atoms with Crippen LogP contribution in [0, 0.1) is 11.2 Å². The molecule has 0 bridgehead atoms. The van der Waals surface area contributed by atoms with Gasteiger partial charge in [-0.15, -0.1) is 0 Å². The molecule has 24 heavy (non-hydrogen) atoms. The molecule has 1 unspecified atom stereocenters. The number of likely N-dealkylation sites (N-methyl/N-ethyl adjacent to an activating group) is 1. The Kier molecular flexibility index (Phi) is 2.84. The van der Waals surface area contributed by atoms with E-state index in [9.17, 15) is 9.18 Å². The van der Waals surface area contributed by atoms with Gasteiger partial charge in [-0.05, 0) is 18.2 Å². The summed E-state index contributed by atoms with van der Waals surface area (Å²) in [5, 5.41) is 0. The number of halogens is 1. The summed E-state index contributed by atoms with van der Waals surface area (Å²) in [4.78, 5) is 19.8. The average Bonchev–Trinajstić information content (AvgIpc) is 3.00. The molecule has 4 rings (SSSR count). The molecular weight excluding hydrogens is 303 g/mol. The van der Waals surface area contributed by atoms with Crippen molar-refractivity contribution in [1.82, 2.24) is 0 Å². The fourth-order valence-corrected chi connectivity index (χ4v) is 4.06. The molecule has 1 amide bonds. The van der Waals surface area contributed by atoms with Crippen molar-refractivity contribution in [2.24, 2.45) is 10.4 Å². The monoisotopic (exact) mass is 322 g/mol. The maximum absolute atomic E-state index is 14.9. The van der Waals surface area contributed by atoms with Crippen molar-refractivity contribution in [3.63, 3.8) is 0 Å². The number of hydrogen-bond donors (Lipinski definition) is 0. The molecule has 2 heterocycles. The molecule has 0 saturated carbocycles. The summed E-state index contributed by atoms with van der Waals surface area (Å²) in [5.74, 6) is -0.518.